The van der Waals surface area contributed by atoms with E-state index < -0.39 is 18.2 Å². The molecule has 5 rings (SSSR count). The fraction of sp³-hybridized carbons (Fsp3) is 0.182. The second kappa shape index (κ2) is 11.9. The number of rotatable bonds is 9. The number of nitrogens with one attached hydrogen (secondary N) is 1. The van der Waals surface area contributed by atoms with E-state index in [0.29, 0.717) is 11.3 Å². The molecule has 2 heterocycles. The number of carbonyl (C=O) groups is 2. The van der Waals surface area contributed by atoms with E-state index in [2.05, 4.69) is 12.2 Å². The minimum absolute atomic E-state index is 0.226. The first-order valence-electron chi connectivity index (χ1n) is 13.4. The van der Waals surface area contributed by atoms with Crippen molar-refractivity contribution >= 4 is 23.4 Å². The lowest BCUT2D eigenvalue weighted by molar-refractivity contribution is 0.0697. The molecule has 0 radical (unpaired) electrons. The van der Waals surface area contributed by atoms with E-state index in [1.807, 2.05) is 78.2 Å². The maximum Gasteiger partial charge on any atom is 0.412 e. The maximum atomic E-state index is 13.1. The highest BCUT2D eigenvalue weighted by atomic mass is 16.6. The molecule has 7 nitrogen and oxygen atoms in total. The highest BCUT2D eigenvalue weighted by molar-refractivity contribution is 5.96. The molecule has 0 saturated heterocycles. The molecule has 202 valence electrons. The van der Waals surface area contributed by atoms with Crippen molar-refractivity contribution in [1.29, 1.82) is 0 Å². The van der Waals surface area contributed by atoms with Gasteiger partial charge in [-0.05, 0) is 66.3 Å². The van der Waals surface area contributed by atoms with Gasteiger partial charge in [0.25, 0.3) is 0 Å². The van der Waals surface area contributed by atoms with Crippen LogP contribution in [0.5, 0.6) is 0 Å². The predicted molar refractivity (Wildman–Crippen MR) is 156 cm³/mol. The van der Waals surface area contributed by atoms with Crippen LogP contribution in [0.4, 0.5) is 10.5 Å². The zero-order valence-electron chi connectivity index (χ0n) is 22.5. The van der Waals surface area contributed by atoms with Crippen LogP contribution in [0.3, 0.4) is 0 Å². The van der Waals surface area contributed by atoms with Gasteiger partial charge in [0, 0.05) is 11.9 Å². The molecule has 1 unspecified atom stereocenters. The van der Waals surface area contributed by atoms with E-state index in [0.717, 1.165) is 53.0 Å². The number of aryl methyl sites for hydroxylation is 2. The number of aromatic carboxylic acids is 1. The third-order valence-corrected chi connectivity index (χ3v) is 6.87. The van der Waals surface area contributed by atoms with Gasteiger partial charge in [0.1, 0.15) is 5.65 Å². The average Bonchev–Trinajstić information content (AvgIpc) is 3.41. The Morgan fingerprint density at radius 2 is 1.68 bits per heavy atom. The molecule has 3 aromatic carbocycles. The highest BCUT2D eigenvalue weighted by Crippen LogP contribution is 2.32. The molecule has 1 atom stereocenters. The molecule has 0 aliphatic heterocycles. The molecule has 0 saturated carbocycles. The molecule has 0 aliphatic carbocycles. The van der Waals surface area contributed by atoms with Crippen molar-refractivity contribution in [2.75, 3.05) is 5.32 Å². The van der Waals surface area contributed by atoms with Crippen LogP contribution < -0.4 is 5.32 Å². The Bertz CT molecular complexity index is 1640. The fourth-order valence-corrected chi connectivity index (χ4v) is 4.80. The number of ether oxygens (including phenoxy) is 1. The molecule has 5 aromatic rings. The normalized spacial score (nSPS) is 11.8. The lowest BCUT2D eigenvalue weighted by Gasteiger charge is -2.21. The molecule has 2 aromatic heterocycles. The average molecular weight is 534 g/mol. The summed E-state index contributed by atoms with van der Waals surface area (Å²) in [6, 6.07) is 27.4. The number of nitrogens with zero attached hydrogens (tertiary/aromatic N) is 2. The summed E-state index contributed by atoms with van der Waals surface area (Å²) in [5, 5.41) is 12.5. The smallest absolute Gasteiger partial charge is 0.412 e. The van der Waals surface area contributed by atoms with Gasteiger partial charge in [-0.15, -0.1) is 0 Å². The van der Waals surface area contributed by atoms with Crippen molar-refractivity contribution in [3.63, 3.8) is 0 Å². The molecular formula is C33H31N3O4. The first kappa shape index (κ1) is 26.7. The number of hydrogen-bond donors (Lipinski definition) is 2. The van der Waals surface area contributed by atoms with Crippen LogP contribution in [-0.4, -0.2) is 26.6 Å². The van der Waals surface area contributed by atoms with Gasteiger partial charge in [-0.1, -0.05) is 80.1 Å². The number of pyridine rings is 1. The Morgan fingerprint density at radius 3 is 2.40 bits per heavy atom. The van der Waals surface area contributed by atoms with Crippen molar-refractivity contribution < 1.29 is 19.4 Å². The predicted octanol–water partition coefficient (Wildman–Crippen LogP) is 7.69. The number of fused-ring (bicyclic) bond motifs is 1. The molecule has 0 spiro atoms. The Morgan fingerprint density at radius 1 is 0.950 bits per heavy atom. The molecule has 7 heteroatoms. The van der Waals surface area contributed by atoms with Gasteiger partial charge in [-0.3, -0.25) is 9.72 Å². The number of anilines is 1. The SMILES string of the molecule is CCCCc1cn2c(C(OC(=O)Nc3ccccc3)c3ccc(-c4ccccc4C(=O)O)cc3)ccc(C)c2n1. The number of benzene rings is 3. The van der Waals surface area contributed by atoms with Gasteiger partial charge >= 0.3 is 12.1 Å². The van der Waals surface area contributed by atoms with Crippen molar-refractivity contribution in [3.05, 3.63) is 125 Å². The summed E-state index contributed by atoms with van der Waals surface area (Å²) in [6.07, 6.45) is 3.67. The summed E-state index contributed by atoms with van der Waals surface area (Å²) in [5.41, 5.74) is 6.58. The summed E-state index contributed by atoms with van der Waals surface area (Å²) in [4.78, 5) is 29.7. The van der Waals surface area contributed by atoms with E-state index in [-0.39, 0.29) is 5.56 Å². The number of carbonyl (C=O) groups excluding carboxylic acids is 1. The lowest BCUT2D eigenvalue weighted by Crippen LogP contribution is -2.20. The third kappa shape index (κ3) is 5.73. The second-order valence-electron chi connectivity index (χ2n) is 9.72. The van der Waals surface area contributed by atoms with Crippen molar-refractivity contribution in [1.82, 2.24) is 9.38 Å². The summed E-state index contributed by atoms with van der Waals surface area (Å²) in [7, 11) is 0. The zero-order valence-corrected chi connectivity index (χ0v) is 22.5. The second-order valence-corrected chi connectivity index (χ2v) is 9.72. The molecule has 0 aliphatic rings. The Balaban J connectivity index is 1.55. The minimum atomic E-state index is -0.987. The molecule has 40 heavy (non-hydrogen) atoms. The highest BCUT2D eigenvalue weighted by Gasteiger charge is 2.24. The summed E-state index contributed by atoms with van der Waals surface area (Å²) in [5.74, 6) is -0.987. The van der Waals surface area contributed by atoms with Gasteiger partial charge in [-0.2, -0.15) is 0 Å². The van der Waals surface area contributed by atoms with Gasteiger partial charge < -0.3 is 9.84 Å². The van der Waals surface area contributed by atoms with Crippen LogP contribution >= 0.6 is 0 Å². The van der Waals surface area contributed by atoms with E-state index >= 15 is 0 Å². The quantitative estimate of drug-likeness (QED) is 0.203. The Labute approximate surface area is 233 Å². The van der Waals surface area contributed by atoms with E-state index in [1.165, 1.54) is 0 Å². The summed E-state index contributed by atoms with van der Waals surface area (Å²) in [6.45, 7) is 4.17. The molecule has 0 bridgehead atoms. The molecule has 2 N–H and O–H groups in total. The lowest BCUT2D eigenvalue weighted by atomic mass is 9.97. The largest absolute Gasteiger partial charge is 0.478 e. The number of hydrogen-bond acceptors (Lipinski definition) is 4. The van der Waals surface area contributed by atoms with Crippen molar-refractivity contribution in [3.8, 4) is 11.1 Å². The Kier molecular flexibility index (Phi) is 7.92. The number of imidazole rings is 1. The minimum Gasteiger partial charge on any atom is -0.478 e. The van der Waals surface area contributed by atoms with Crippen molar-refractivity contribution in [2.45, 2.75) is 39.2 Å². The number of unbranched alkanes of at least 4 members (excludes halogenated alkanes) is 1. The molecular weight excluding hydrogens is 502 g/mol. The number of carboxylic acids is 1. The monoisotopic (exact) mass is 533 g/mol. The van der Waals surface area contributed by atoms with Crippen LogP contribution in [0.25, 0.3) is 16.8 Å². The van der Waals surface area contributed by atoms with Crippen LogP contribution in [0, 0.1) is 6.92 Å². The van der Waals surface area contributed by atoms with E-state index in [1.54, 1.807) is 30.3 Å². The number of amides is 1. The van der Waals surface area contributed by atoms with Crippen LogP contribution in [-0.2, 0) is 11.2 Å². The van der Waals surface area contributed by atoms with Gasteiger partial charge in [0.2, 0.25) is 0 Å². The van der Waals surface area contributed by atoms with Crippen LogP contribution in [0.15, 0.2) is 97.2 Å². The van der Waals surface area contributed by atoms with Crippen LogP contribution in [0.1, 0.15) is 58.7 Å². The zero-order chi connectivity index (χ0) is 28.1. The summed E-state index contributed by atoms with van der Waals surface area (Å²) >= 11 is 0. The van der Waals surface area contributed by atoms with Crippen molar-refractivity contribution in [2.24, 2.45) is 0 Å². The number of aromatic nitrogens is 2. The fourth-order valence-electron chi connectivity index (χ4n) is 4.80. The molecule has 0 fully saturated rings. The first-order valence-corrected chi connectivity index (χ1v) is 13.4. The maximum absolute atomic E-state index is 13.1. The Hall–Kier alpha value is -4.91. The standard InChI is InChI=1S/C33H31N3O4/c1-3-4-10-26-21-36-29(20-15-22(2)31(36)34-26)30(40-33(39)35-25-11-6-5-7-12-25)24-18-16-23(17-19-24)27-13-8-9-14-28(27)32(37)38/h5-9,11-21,30H,3-4,10H2,1-2H3,(H,35,39)(H,37,38). The molecule has 1 amide bonds. The summed E-state index contributed by atoms with van der Waals surface area (Å²) < 4.78 is 8.09. The van der Waals surface area contributed by atoms with Gasteiger partial charge in [0.15, 0.2) is 6.10 Å². The van der Waals surface area contributed by atoms with E-state index in [9.17, 15) is 14.7 Å². The topological polar surface area (TPSA) is 92.9 Å². The number of carboxylic acid groups (broad SMARTS) is 1. The third-order valence-electron chi connectivity index (χ3n) is 6.87. The number of para-hydroxylation sites is 1. The van der Waals surface area contributed by atoms with Gasteiger partial charge in [0.05, 0.1) is 17.0 Å². The van der Waals surface area contributed by atoms with Crippen LogP contribution in [0.2, 0.25) is 0 Å². The van der Waals surface area contributed by atoms with E-state index in [4.69, 9.17) is 9.72 Å². The van der Waals surface area contributed by atoms with Gasteiger partial charge in [-0.25, -0.2) is 14.6 Å². The first-order chi connectivity index (χ1) is 19.4.